The first-order chi connectivity index (χ1) is 10.0. The molecule has 0 aliphatic heterocycles. The second kappa shape index (κ2) is 8.26. The zero-order valence-corrected chi connectivity index (χ0v) is 12.8. The maximum Gasteiger partial charge on any atom is 0.239 e. The molecule has 1 atom stereocenters. The third kappa shape index (κ3) is 4.75. The maximum atomic E-state index is 12.1. The normalized spacial score (nSPS) is 13.0. The molecule has 4 N–H and O–H groups in total. The zero-order valence-electron chi connectivity index (χ0n) is 12.8. The number of amides is 1. The van der Waals surface area contributed by atoms with E-state index in [0.717, 1.165) is 5.56 Å². The van der Waals surface area contributed by atoms with Crippen LogP contribution >= 0.6 is 0 Å². The van der Waals surface area contributed by atoms with Gasteiger partial charge in [0.15, 0.2) is 5.84 Å². The lowest BCUT2D eigenvalue weighted by atomic mass is 10.1. The smallest absolute Gasteiger partial charge is 0.239 e. The highest BCUT2D eigenvalue weighted by Gasteiger charge is 2.17. The van der Waals surface area contributed by atoms with E-state index in [-0.39, 0.29) is 17.8 Å². The van der Waals surface area contributed by atoms with Crippen LogP contribution in [-0.2, 0) is 11.3 Å². The van der Waals surface area contributed by atoms with Gasteiger partial charge in [0.1, 0.15) is 0 Å². The fourth-order valence-electron chi connectivity index (χ4n) is 2.07. The summed E-state index contributed by atoms with van der Waals surface area (Å²) in [6, 6.07) is 7.11. The van der Waals surface area contributed by atoms with E-state index in [2.05, 4.69) is 10.5 Å². The van der Waals surface area contributed by atoms with Crippen molar-refractivity contribution < 1.29 is 10.0 Å². The molecule has 116 valence electrons. The first-order valence-electron chi connectivity index (χ1n) is 7.12. The Morgan fingerprint density at radius 2 is 2.10 bits per heavy atom. The summed E-state index contributed by atoms with van der Waals surface area (Å²) in [7, 11) is 0. The number of oxime groups is 1. The predicted octanol–water partition coefficient (Wildman–Crippen LogP) is 1.13. The second-order valence-corrected chi connectivity index (χ2v) is 4.80. The van der Waals surface area contributed by atoms with Crippen molar-refractivity contribution in [2.45, 2.75) is 33.4 Å². The van der Waals surface area contributed by atoms with Crippen molar-refractivity contribution in [2.24, 2.45) is 10.9 Å². The molecule has 1 aromatic carbocycles. The third-order valence-corrected chi connectivity index (χ3v) is 3.39. The molecule has 0 aliphatic rings. The van der Waals surface area contributed by atoms with Gasteiger partial charge in [0.25, 0.3) is 0 Å². The van der Waals surface area contributed by atoms with Gasteiger partial charge < -0.3 is 21.2 Å². The molecular formula is C15H24N4O2. The Labute approximate surface area is 125 Å². The zero-order chi connectivity index (χ0) is 15.8. The molecule has 0 saturated heterocycles. The molecule has 0 bridgehead atoms. The van der Waals surface area contributed by atoms with Gasteiger partial charge in [-0.05, 0) is 32.4 Å². The molecule has 1 unspecified atom stereocenters. The SMILES string of the molecule is CCN(CC)C(=O)C(C)NCc1cccc(/C(N)=N/O)c1. The molecular weight excluding hydrogens is 268 g/mol. The van der Waals surface area contributed by atoms with Crippen molar-refractivity contribution in [3.05, 3.63) is 35.4 Å². The van der Waals surface area contributed by atoms with Crippen LogP contribution in [0.3, 0.4) is 0 Å². The molecule has 0 spiro atoms. The summed E-state index contributed by atoms with van der Waals surface area (Å²) in [5.74, 6) is 0.164. The van der Waals surface area contributed by atoms with Gasteiger partial charge in [-0.2, -0.15) is 0 Å². The van der Waals surface area contributed by atoms with E-state index in [9.17, 15) is 4.79 Å². The van der Waals surface area contributed by atoms with Crippen molar-refractivity contribution in [1.29, 1.82) is 0 Å². The highest BCUT2D eigenvalue weighted by Crippen LogP contribution is 2.06. The number of carbonyl (C=O) groups is 1. The minimum Gasteiger partial charge on any atom is -0.409 e. The minimum absolute atomic E-state index is 0.0733. The molecule has 1 rings (SSSR count). The van der Waals surface area contributed by atoms with Gasteiger partial charge in [-0.1, -0.05) is 23.4 Å². The molecule has 0 fully saturated rings. The molecule has 0 radical (unpaired) electrons. The van der Waals surface area contributed by atoms with Crippen LogP contribution in [0.2, 0.25) is 0 Å². The summed E-state index contributed by atoms with van der Waals surface area (Å²) >= 11 is 0. The van der Waals surface area contributed by atoms with Gasteiger partial charge in [0, 0.05) is 25.2 Å². The summed E-state index contributed by atoms with van der Waals surface area (Å²) in [5, 5.41) is 14.9. The van der Waals surface area contributed by atoms with E-state index in [1.54, 1.807) is 11.0 Å². The average Bonchev–Trinajstić information content (AvgIpc) is 2.53. The fraction of sp³-hybridized carbons (Fsp3) is 0.467. The van der Waals surface area contributed by atoms with E-state index in [4.69, 9.17) is 10.9 Å². The van der Waals surface area contributed by atoms with Crippen molar-refractivity contribution in [3.8, 4) is 0 Å². The van der Waals surface area contributed by atoms with Gasteiger partial charge in [-0.25, -0.2) is 0 Å². The molecule has 6 heteroatoms. The molecule has 0 saturated carbocycles. The Balaban J connectivity index is 2.65. The second-order valence-electron chi connectivity index (χ2n) is 4.80. The van der Waals surface area contributed by atoms with Gasteiger partial charge >= 0.3 is 0 Å². The number of nitrogens with zero attached hydrogens (tertiary/aromatic N) is 2. The van der Waals surface area contributed by atoms with E-state index in [1.807, 2.05) is 39.0 Å². The summed E-state index contributed by atoms with van der Waals surface area (Å²) in [6.07, 6.45) is 0. The Morgan fingerprint density at radius 3 is 2.67 bits per heavy atom. The molecule has 1 amide bonds. The summed E-state index contributed by atoms with van der Waals surface area (Å²) < 4.78 is 0. The van der Waals surface area contributed by atoms with Crippen LogP contribution in [-0.4, -0.2) is 41.0 Å². The minimum atomic E-state index is -0.252. The van der Waals surface area contributed by atoms with E-state index in [1.165, 1.54) is 0 Å². The van der Waals surface area contributed by atoms with E-state index < -0.39 is 0 Å². The average molecular weight is 292 g/mol. The number of hydrogen-bond donors (Lipinski definition) is 3. The number of carbonyl (C=O) groups excluding carboxylic acids is 1. The van der Waals surface area contributed by atoms with E-state index in [0.29, 0.717) is 25.2 Å². The Bertz CT molecular complexity index is 498. The summed E-state index contributed by atoms with van der Waals surface area (Å²) in [4.78, 5) is 13.9. The van der Waals surface area contributed by atoms with Crippen LogP contribution in [0.1, 0.15) is 31.9 Å². The van der Waals surface area contributed by atoms with Crippen molar-refractivity contribution in [2.75, 3.05) is 13.1 Å². The number of hydrogen-bond acceptors (Lipinski definition) is 4. The topological polar surface area (TPSA) is 91.0 Å². The highest BCUT2D eigenvalue weighted by molar-refractivity contribution is 5.97. The largest absolute Gasteiger partial charge is 0.409 e. The van der Waals surface area contributed by atoms with Crippen LogP contribution in [0.15, 0.2) is 29.4 Å². The van der Waals surface area contributed by atoms with Gasteiger partial charge in [0.05, 0.1) is 6.04 Å². The molecule has 21 heavy (non-hydrogen) atoms. The van der Waals surface area contributed by atoms with Crippen LogP contribution in [0.4, 0.5) is 0 Å². The lowest BCUT2D eigenvalue weighted by molar-refractivity contribution is -0.132. The van der Waals surface area contributed by atoms with Gasteiger partial charge in [-0.15, -0.1) is 0 Å². The predicted molar refractivity (Wildman–Crippen MR) is 83.2 cm³/mol. The lowest BCUT2D eigenvalue weighted by Crippen LogP contribution is -2.44. The standard InChI is InChI=1S/C15H24N4O2/c1-4-19(5-2)15(20)11(3)17-10-12-7-6-8-13(9-12)14(16)18-21/h6-9,11,17,21H,4-5,10H2,1-3H3,(H2,16,18). The first-order valence-corrected chi connectivity index (χ1v) is 7.12. The molecule has 6 nitrogen and oxygen atoms in total. The first kappa shape index (κ1) is 17.0. The van der Waals surface area contributed by atoms with Crippen molar-refractivity contribution in [1.82, 2.24) is 10.2 Å². The third-order valence-electron chi connectivity index (χ3n) is 3.39. The summed E-state index contributed by atoms with van der Waals surface area (Å²) in [6.45, 7) is 7.75. The number of likely N-dealkylation sites (N-methyl/N-ethyl adjacent to an activating group) is 1. The number of nitrogens with two attached hydrogens (primary N) is 1. The fourth-order valence-corrected chi connectivity index (χ4v) is 2.07. The van der Waals surface area contributed by atoms with Crippen LogP contribution in [0, 0.1) is 0 Å². The Kier molecular flexibility index (Phi) is 6.68. The van der Waals surface area contributed by atoms with Crippen LogP contribution in [0.5, 0.6) is 0 Å². The van der Waals surface area contributed by atoms with Crippen molar-refractivity contribution in [3.63, 3.8) is 0 Å². The quantitative estimate of drug-likeness (QED) is 0.304. The number of benzene rings is 1. The maximum absolute atomic E-state index is 12.1. The van der Waals surface area contributed by atoms with Crippen LogP contribution in [0.25, 0.3) is 0 Å². The number of amidine groups is 1. The number of rotatable bonds is 7. The van der Waals surface area contributed by atoms with Gasteiger partial charge in [-0.3, -0.25) is 4.79 Å². The van der Waals surface area contributed by atoms with Crippen LogP contribution < -0.4 is 11.1 Å². The van der Waals surface area contributed by atoms with E-state index >= 15 is 0 Å². The Hall–Kier alpha value is -2.08. The molecule has 0 aliphatic carbocycles. The Morgan fingerprint density at radius 1 is 1.43 bits per heavy atom. The lowest BCUT2D eigenvalue weighted by Gasteiger charge is -2.23. The number of nitrogens with one attached hydrogen (secondary N) is 1. The highest BCUT2D eigenvalue weighted by atomic mass is 16.4. The van der Waals surface area contributed by atoms with Gasteiger partial charge in [0.2, 0.25) is 5.91 Å². The molecule has 1 aromatic rings. The summed E-state index contributed by atoms with van der Waals surface area (Å²) in [5.41, 5.74) is 7.18. The molecule has 0 aromatic heterocycles. The molecule has 0 heterocycles. The van der Waals surface area contributed by atoms with Crippen molar-refractivity contribution >= 4 is 11.7 Å². The monoisotopic (exact) mass is 292 g/mol.